The standard InChI is InChI=1S/C29H40O4/c1-18-16-25-23-11-10-21-17-22(33-26(31)20-8-6-5-7-9-20)12-14-27(21,3)24(23)13-15-28(25,4)29(18,32)19(2)30/h5-9,18,21-25,32H,10-17H2,1-4H3. The third kappa shape index (κ3) is 3.26. The number of rotatable bonds is 3. The van der Waals surface area contributed by atoms with Crippen LogP contribution in [0.5, 0.6) is 0 Å². The maximum atomic E-state index is 12.6. The predicted molar refractivity (Wildman–Crippen MR) is 128 cm³/mol. The highest BCUT2D eigenvalue weighted by Crippen LogP contribution is 2.69. The van der Waals surface area contributed by atoms with E-state index in [0.29, 0.717) is 29.2 Å². The Bertz CT molecular complexity index is 927. The molecule has 4 nitrogen and oxygen atoms in total. The fourth-order valence-electron chi connectivity index (χ4n) is 9.21. The summed E-state index contributed by atoms with van der Waals surface area (Å²) in [5.74, 6) is 2.02. The highest BCUT2D eigenvalue weighted by atomic mass is 16.5. The molecule has 4 aliphatic rings. The molecule has 0 aromatic heterocycles. The van der Waals surface area contributed by atoms with Crippen molar-refractivity contribution < 1.29 is 19.4 Å². The van der Waals surface area contributed by atoms with Gasteiger partial charge in [-0.2, -0.15) is 0 Å². The molecule has 0 spiro atoms. The summed E-state index contributed by atoms with van der Waals surface area (Å²) >= 11 is 0. The summed E-state index contributed by atoms with van der Waals surface area (Å²) in [6, 6.07) is 9.32. The van der Waals surface area contributed by atoms with Gasteiger partial charge < -0.3 is 9.84 Å². The van der Waals surface area contributed by atoms with E-state index in [1.165, 1.54) is 6.42 Å². The fraction of sp³-hybridized carbons (Fsp3) is 0.724. The number of fused-ring (bicyclic) bond motifs is 5. The van der Waals surface area contributed by atoms with Crippen LogP contribution in [-0.4, -0.2) is 28.6 Å². The van der Waals surface area contributed by atoms with Crippen LogP contribution in [-0.2, 0) is 9.53 Å². The van der Waals surface area contributed by atoms with Crippen LogP contribution in [0.25, 0.3) is 0 Å². The summed E-state index contributed by atoms with van der Waals surface area (Å²) in [5, 5.41) is 11.6. The Morgan fingerprint density at radius 3 is 2.39 bits per heavy atom. The summed E-state index contributed by atoms with van der Waals surface area (Å²) in [6.07, 6.45) is 8.35. The van der Waals surface area contributed by atoms with E-state index >= 15 is 0 Å². The van der Waals surface area contributed by atoms with Crippen LogP contribution >= 0.6 is 0 Å². The van der Waals surface area contributed by atoms with E-state index in [2.05, 4.69) is 20.8 Å². The van der Waals surface area contributed by atoms with Gasteiger partial charge in [0.2, 0.25) is 0 Å². The summed E-state index contributed by atoms with van der Waals surface area (Å²) < 4.78 is 5.95. The molecule has 0 saturated heterocycles. The smallest absolute Gasteiger partial charge is 0.338 e. The molecule has 0 amide bonds. The van der Waals surface area contributed by atoms with Crippen LogP contribution in [0.4, 0.5) is 0 Å². The second-order valence-electron chi connectivity index (χ2n) is 12.2. The Morgan fingerprint density at radius 1 is 0.970 bits per heavy atom. The molecule has 0 bridgehead atoms. The molecule has 33 heavy (non-hydrogen) atoms. The van der Waals surface area contributed by atoms with Gasteiger partial charge in [-0.15, -0.1) is 0 Å². The van der Waals surface area contributed by atoms with E-state index in [-0.39, 0.29) is 34.6 Å². The number of ether oxygens (including phenoxy) is 1. The number of ketones is 1. The molecule has 180 valence electrons. The molecule has 5 rings (SSSR count). The Morgan fingerprint density at radius 2 is 1.70 bits per heavy atom. The van der Waals surface area contributed by atoms with Crippen molar-refractivity contribution in [2.75, 3.05) is 0 Å². The molecule has 4 heteroatoms. The highest BCUT2D eigenvalue weighted by molar-refractivity contribution is 5.89. The number of carbonyl (C=O) groups excluding carboxylic acids is 2. The van der Waals surface area contributed by atoms with E-state index in [4.69, 9.17) is 4.74 Å². The molecule has 1 aromatic carbocycles. The predicted octanol–water partition coefficient (Wildman–Crippen LogP) is 5.82. The van der Waals surface area contributed by atoms with E-state index in [1.54, 1.807) is 6.92 Å². The van der Waals surface area contributed by atoms with Gasteiger partial charge in [-0.3, -0.25) is 4.79 Å². The number of hydrogen-bond donors (Lipinski definition) is 1. The lowest BCUT2D eigenvalue weighted by atomic mass is 9.44. The average Bonchev–Trinajstić information content (AvgIpc) is 3.01. The van der Waals surface area contributed by atoms with Crippen molar-refractivity contribution in [3.63, 3.8) is 0 Å². The Balaban J connectivity index is 1.32. The van der Waals surface area contributed by atoms with E-state index in [1.807, 2.05) is 30.3 Å². The minimum Gasteiger partial charge on any atom is -0.459 e. The van der Waals surface area contributed by atoms with Gasteiger partial charge >= 0.3 is 5.97 Å². The lowest BCUT2D eigenvalue weighted by Crippen LogP contribution is -2.59. The van der Waals surface area contributed by atoms with E-state index < -0.39 is 5.60 Å². The molecule has 9 atom stereocenters. The van der Waals surface area contributed by atoms with Gasteiger partial charge in [0.05, 0.1) is 5.56 Å². The van der Waals surface area contributed by atoms with Crippen LogP contribution in [0.2, 0.25) is 0 Å². The molecule has 0 heterocycles. The maximum absolute atomic E-state index is 12.6. The quantitative estimate of drug-likeness (QED) is 0.587. The first kappa shape index (κ1) is 23.1. The molecule has 1 aromatic rings. The second kappa shape index (κ2) is 7.93. The normalized spacial score (nSPS) is 46.6. The van der Waals surface area contributed by atoms with Gasteiger partial charge in [-0.1, -0.05) is 39.0 Å². The molecular weight excluding hydrogens is 412 g/mol. The fourth-order valence-corrected chi connectivity index (χ4v) is 9.21. The molecular formula is C29H40O4. The van der Waals surface area contributed by atoms with Gasteiger partial charge in [0.1, 0.15) is 11.7 Å². The number of hydrogen-bond acceptors (Lipinski definition) is 4. The zero-order valence-corrected chi connectivity index (χ0v) is 20.7. The largest absolute Gasteiger partial charge is 0.459 e. The average molecular weight is 453 g/mol. The molecule has 4 saturated carbocycles. The molecule has 4 aliphatic carbocycles. The Labute approximate surface area is 198 Å². The van der Waals surface area contributed by atoms with Crippen molar-refractivity contribution in [1.82, 2.24) is 0 Å². The first-order chi connectivity index (χ1) is 15.6. The van der Waals surface area contributed by atoms with Crippen LogP contribution in [0.15, 0.2) is 30.3 Å². The van der Waals surface area contributed by atoms with Crippen molar-refractivity contribution in [3.8, 4) is 0 Å². The van der Waals surface area contributed by atoms with Crippen LogP contribution in [0, 0.1) is 40.4 Å². The number of Topliss-reactive ketones (excluding diaryl/α,β-unsaturated/α-hetero) is 1. The number of carbonyl (C=O) groups is 2. The third-order valence-corrected chi connectivity index (χ3v) is 11.0. The van der Waals surface area contributed by atoms with Crippen molar-refractivity contribution >= 4 is 11.8 Å². The van der Waals surface area contributed by atoms with E-state index in [9.17, 15) is 14.7 Å². The third-order valence-electron chi connectivity index (χ3n) is 11.0. The summed E-state index contributed by atoms with van der Waals surface area (Å²) in [7, 11) is 0. The number of esters is 1. The zero-order valence-electron chi connectivity index (χ0n) is 20.7. The van der Waals surface area contributed by atoms with Gasteiger partial charge in [0.15, 0.2) is 5.78 Å². The van der Waals surface area contributed by atoms with E-state index in [0.717, 1.165) is 44.9 Å². The zero-order chi connectivity index (χ0) is 23.6. The molecule has 0 aliphatic heterocycles. The topological polar surface area (TPSA) is 63.6 Å². The lowest BCUT2D eigenvalue weighted by molar-refractivity contribution is -0.175. The van der Waals surface area contributed by atoms with Crippen molar-refractivity contribution in [1.29, 1.82) is 0 Å². The van der Waals surface area contributed by atoms with Crippen molar-refractivity contribution in [2.24, 2.45) is 40.4 Å². The van der Waals surface area contributed by atoms with Gasteiger partial charge in [0, 0.05) is 5.41 Å². The summed E-state index contributed by atoms with van der Waals surface area (Å²) in [5.41, 5.74) is -0.580. The van der Waals surface area contributed by atoms with Crippen molar-refractivity contribution in [3.05, 3.63) is 35.9 Å². The van der Waals surface area contributed by atoms with Gasteiger partial charge in [-0.05, 0) is 105 Å². The minimum absolute atomic E-state index is 0.00972. The molecule has 1 N–H and O–H groups in total. The van der Waals surface area contributed by atoms with Crippen LogP contribution < -0.4 is 0 Å². The first-order valence-corrected chi connectivity index (χ1v) is 13.1. The van der Waals surface area contributed by atoms with Crippen LogP contribution in [0.1, 0.15) is 89.4 Å². The Hall–Kier alpha value is -1.68. The maximum Gasteiger partial charge on any atom is 0.338 e. The van der Waals surface area contributed by atoms with Crippen molar-refractivity contribution in [2.45, 2.75) is 90.8 Å². The highest BCUT2D eigenvalue weighted by Gasteiger charge is 2.68. The summed E-state index contributed by atoms with van der Waals surface area (Å²) in [4.78, 5) is 25.2. The Kier molecular flexibility index (Phi) is 5.55. The lowest BCUT2D eigenvalue weighted by Gasteiger charge is -2.61. The van der Waals surface area contributed by atoms with Gasteiger partial charge in [-0.25, -0.2) is 4.79 Å². The van der Waals surface area contributed by atoms with Gasteiger partial charge in [0.25, 0.3) is 0 Å². The summed E-state index contributed by atoms with van der Waals surface area (Å²) in [6.45, 7) is 8.36. The molecule has 4 fully saturated rings. The monoisotopic (exact) mass is 452 g/mol. The molecule has 0 radical (unpaired) electrons. The number of aliphatic hydroxyl groups is 1. The van der Waals surface area contributed by atoms with Crippen LogP contribution in [0.3, 0.4) is 0 Å². The minimum atomic E-state index is -1.18. The second-order valence-corrected chi connectivity index (χ2v) is 12.2. The SMILES string of the molecule is CC(=O)C1(O)C(C)CC2C3CCC4CC(OC(=O)c5ccccc5)CCC4(C)C3CCC21C. The molecule has 9 unspecified atom stereocenters. The number of benzene rings is 1. The first-order valence-electron chi connectivity index (χ1n) is 13.1.